The lowest BCUT2D eigenvalue weighted by Gasteiger charge is -2.09. The Morgan fingerprint density at radius 2 is 1.86 bits per heavy atom. The molecule has 1 rings (SSSR count). The highest BCUT2D eigenvalue weighted by molar-refractivity contribution is 14.1. The Kier molecular flexibility index (Phi) is 9.55. The molecule has 154 valence electrons. The standard InChI is InChI=1S/C17H19IO9S/c1-11(2)16(20)27-12-5-6-14(18)13(10-12)17(21)26-7-3-4-15(19)25-8-9-28(22,23)24/h5-6,10H,1,3-4,7-9H2,2H3,(H,22,23,24). The molecule has 0 aliphatic rings. The lowest BCUT2D eigenvalue weighted by molar-refractivity contribution is -0.143. The van der Waals surface area contributed by atoms with Crippen LogP contribution in [0.3, 0.4) is 0 Å². The van der Waals surface area contributed by atoms with Crippen molar-refractivity contribution in [3.63, 3.8) is 0 Å². The Labute approximate surface area is 175 Å². The minimum atomic E-state index is -4.19. The zero-order valence-electron chi connectivity index (χ0n) is 15.0. The van der Waals surface area contributed by atoms with E-state index in [0.29, 0.717) is 3.57 Å². The minimum Gasteiger partial charge on any atom is -0.464 e. The SMILES string of the molecule is C=C(C)C(=O)Oc1ccc(I)c(C(=O)OCCCC(=O)OCCS(=O)(=O)O)c1. The summed E-state index contributed by atoms with van der Waals surface area (Å²) in [7, 11) is -4.19. The summed E-state index contributed by atoms with van der Waals surface area (Å²) in [4.78, 5) is 35.1. The molecule has 0 aromatic heterocycles. The fourth-order valence-corrected chi connectivity index (χ4v) is 2.56. The highest BCUT2D eigenvalue weighted by Crippen LogP contribution is 2.21. The van der Waals surface area contributed by atoms with Gasteiger partial charge in [0, 0.05) is 15.6 Å². The van der Waals surface area contributed by atoms with E-state index >= 15 is 0 Å². The van der Waals surface area contributed by atoms with E-state index in [4.69, 9.17) is 14.0 Å². The minimum absolute atomic E-state index is 0.0713. The molecular formula is C17H19IO9S. The third-order valence-electron chi connectivity index (χ3n) is 3.08. The molecule has 11 heteroatoms. The first-order valence-corrected chi connectivity index (χ1v) is 10.6. The summed E-state index contributed by atoms with van der Waals surface area (Å²) in [6.07, 6.45) is 0.0729. The summed E-state index contributed by atoms with van der Waals surface area (Å²) in [5.41, 5.74) is 0.412. The van der Waals surface area contributed by atoms with Crippen LogP contribution in [0.15, 0.2) is 30.4 Å². The lowest BCUT2D eigenvalue weighted by atomic mass is 10.2. The van der Waals surface area contributed by atoms with Crippen molar-refractivity contribution in [3.8, 4) is 5.75 Å². The summed E-state index contributed by atoms with van der Waals surface area (Å²) >= 11 is 1.93. The Morgan fingerprint density at radius 3 is 2.46 bits per heavy atom. The van der Waals surface area contributed by atoms with Gasteiger partial charge in [-0.15, -0.1) is 0 Å². The molecule has 1 aromatic rings. The van der Waals surface area contributed by atoms with Crippen molar-refractivity contribution in [3.05, 3.63) is 39.5 Å². The molecule has 1 N–H and O–H groups in total. The molecule has 28 heavy (non-hydrogen) atoms. The molecule has 0 fully saturated rings. The van der Waals surface area contributed by atoms with Crippen LogP contribution in [0, 0.1) is 3.57 Å². The predicted molar refractivity (Wildman–Crippen MR) is 106 cm³/mol. The van der Waals surface area contributed by atoms with Crippen LogP contribution in [0.5, 0.6) is 5.75 Å². The number of halogens is 1. The zero-order chi connectivity index (χ0) is 21.3. The molecule has 0 spiro atoms. The second kappa shape index (κ2) is 11.1. The van der Waals surface area contributed by atoms with Gasteiger partial charge >= 0.3 is 17.9 Å². The third-order valence-corrected chi connectivity index (χ3v) is 4.70. The van der Waals surface area contributed by atoms with Gasteiger partial charge < -0.3 is 14.2 Å². The summed E-state index contributed by atoms with van der Waals surface area (Å²) < 4.78 is 44.9. The Morgan fingerprint density at radius 1 is 1.18 bits per heavy atom. The highest BCUT2D eigenvalue weighted by Gasteiger charge is 2.15. The van der Waals surface area contributed by atoms with Crippen molar-refractivity contribution in [2.45, 2.75) is 19.8 Å². The number of hydrogen-bond donors (Lipinski definition) is 1. The van der Waals surface area contributed by atoms with Crippen LogP contribution >= 0.6 is 22.6 Å². The molecule has 0 radical (unpaired) electrons. The van der Waals surface area contributed by atoms with E-state index in [1.54, 1.807) is 6.07 Å². The van der Waals surface area contributed by atoms with Gasteiger partial charge in [0.15, 0.2) is 0 Å². The molecule has 0 amide bonds. The second-order valence-electron chi connectivity index (χ2n) is 5.56. The first-order chi connectivity index (χ1) is 13.0. The van der Waals surface area contributed by atoms with Crippen LogP contribution in [0.25, 0.3) is 0 Å². The molecule has 0 saturated carbocycles. The summed E-state index contributed by atoms with van der Waals surface area (Å²) in [5, 5.41) is 0. The van der Waals surface area contributed by atoms with Gasteiger partial charge in [0.25, 0.3) is 10.1 Å². The predicted octanol–water partition coefficient (Wildman–Crippen LogP) is 2.14. The average molecular weight is 526 g/mol. The van der Waals surface area contributed by atoms with Gasteiger partial charge in [-0.1, -0.05) is 6.58 Å². The van der Waals surface area contributed by atoms with Crippen molar-refractivity contribution >= 4 is 50.6 Å². The molecule has 0 atom stereocenters. The van der Waals surface area contributed by atoms with Crippen LogP contribution in [-0.4, -0.2) is 49.8 Å². The topological polar surface area (TPSA) is 133 Å². The molecule has 0 bridgehead atoms. The number of carbonyl (C=O) groups is 3. The molecule has 0 unspecified atom stereocenters. The average Bonchev–Trinajstić information content (AvgIpc) is 2.58. The maximum absolute atomic E-state index is 12.2. The first kappa shape index (κ1) is 24.0. The third kappa shape index (κ3) is 9.28. The Balaban J connectivity index is 2.47. The number of rotatable bonds is 10. The molecule has 0 heterocycles. The van der Waals surface area contributed by atoms with Crippen LogP contribution in [0.1, 0.15) is 30.1 Å². The van der Waals surface area contributed by atoms with E-state index in [9.17, 15) is 22.8 Å². The summed E-state index contributed by atoms with van der Waals surface area (Å²) in [5.74, 6) is -2.46. The zero-order valence-corrected chi connectivity index (χ0v) is 17.9. The smallest absolute Gasteiger partial charge is 0.339 e. The fraction of sp³-hybridized carbons (Fsp3) is 0.353. The van der Waals surface area contributed by atoms with Crippen LogP contribution in [-0.2, 0) is 29.2 Å². The molecule has 9 nitrogen and oxygen atoms in total. The Hall–Kier alpha value is -1.99. The van der Waals surface area contributed by atoms with Crippen molar-refractivity contribution in [1.29, 1.82) is 0 Å². The maximum Gasteiger partial charge on any atom is 0.339 e. The number of hydrogen-bond acceptors (Lipinski definition) is 8. The van der Waals surface area contributed by atoms with E-state index < -0.39 is 40.4 Å². The van der Waals surface area contributed by atoms with Crippen LogP contribution < -0.4 is 4.74 Å². The lowest BCUT2D eigenvalue weighted by Crippen LogP contribution is -2.15. The Bertz CT molecular complexity index is 861. The molecule has 0 aliphatic heterocycles. The van der Waals surface area contributed by atoms with Gasteiger partial charge in [0.1, 0.15) is 18.1 Å². The van der Waals surface area contributed by atoms with Gasteiger partial charge in [-0.05, 0) is 54.1 Å². The first-order valence-electron chi connectivity index (χ1n) is 7.94. The quantitative estimate of drug-likeness (QED) is 0.122. The number of carbonyl (C=O) groups excluding carboxylic acids is 3. The van der Waals surface area contributed by atoms with Crippen molar-refractivity contribution < 1.29 is 41.6 Å². The largest absolute Gasteiger partial charge is 0.464 e. The van der Waals surface area contributed by atoms with E-state index in [-0.39, 0.29) is 36.3 Å². The number of benzene rings is 1. The summed E-state index contributed by atoms with van der Waals surface area (Å²) in [6, 6.07) is 4.49. The van der Waals surface area contributed by atoms with Gasteiger partial charge in [0.05, 0.1) is 12.2 Å². The monoisotopic (exact) mass is 526 g/mol. The van der Waals surface area contributed by atoms with E-state index in [1.165, 1.54) is 19.1 Å². The highest BCUT2D eigenvalue weighted by atomic mass is 127. The molecular weight excluding hydrogens is 507 g/mol. The van der Waals surface area contributed by atoms with Crippen molar-refractivity contribution in [2.75, 3.05) is 19.0 Å². The van der Waals surface area contributed by atoms with E-state index in [0.717, 1.165) is 0 Å². The molecule has 0 aliphatic carbocycles. The van der Waals surface area contributed by atoms with E-state index in [1.807, 2.05) is 22.6 Å². The van der Waals surface area contributed by atoms with Gasteiger partial charge in [0.2, 0.25) is 0 Å². The van der Waals surface area contributed by atoms with Gasteiger partial charge in [-0.3, -0.25) is 9.35 Å². The van der Waals surface area contributed by atoms with E-state index in [2.05, 4.69) is 11.3 Å². The summed E-state index contributed by atoms with van der Waals surface area (Å²) in [6.45, 7) is 4.45. The molecule has 1 aromatic carbocycles. The van der Waals surface area contributed by atoms with Crippen molar-refractivity contribution in [1.82, 2.24) is 0 Å². The fourth-order valence-electron chi connectivity index (χ4n) is 1.71. The number of esters is 3. The van der Waals surface area contributed by atoms with Gasteiger partial charge in [-0.2, -0.15) is 8.42 Å². The van der Waals surface area contributed by atoms with Crippen LogP contribution in [0.4, 0.5) is 0 Å². The number of ether oxygens (including phenoxy) is 3. The maximum atomic E-state index is 12.2. The van der Waals surface area contributed by atoms with Gasteiger partial charge in [-0.25, -0.2) is 9.59 Å². The molecule has 0 saturated heterocycles. The normalized spacial score (nSPS) is 10.8. The van der Waals surface area contributed by atoms with Crippen molar-refractivity contribution in [2.24, 2.45) is 0 Å². The van der Waals surface area contributed by atoms with Crippen LogP contribution in [0.2, 0.25) is 0 Å². The second-order valence-corrected chi connectivity index (χ2v) is 8.29.